The van der Waals surface area contributed by atoms with Crippen LogP contribution in [0.4, 0.5) is 10.5 Å². The van der Waals surface area contributed by atoms with Gasteiger partial charge in [0.2, 0.25) is 0 Å². The molecule has 1 atom stereocenters. The van der Waals surface area contributed by atoms with Crippen LogP contribution in [-0.2, 0) is 0 Å². The van der Waals surface area contributed by atoms with Crippen LogP contribution >= 0.6 is 23.2 Å². The number of benzene rings is 1. The maximum atomic E-state index is 12.4. The van der Waals surface area contributed by atoms with Crippen molar-refractivity contribution in [3.8, 4) is 0 Å². The van der Waals surface area contributed by atoms with Crippen LogP contribution in [0.5, 0.6) is 0 Å². The molecule has 1 aliphatic rings. The van der Waals surface area contributed by atoms with E-state index in [0.29, 0.717) is 21.8 Å². The molecule has 1 saturated heterocycles. The number of amides is 2. The van der Waals surface area contributed by atoms with Crippen LogP contribution in [-0.4, -0.2) is 36.6 Å². The van der Waals surface area contributed by atoms with E-state index in [4.69, 9.17) is 23.2 Å². The summed E-state index contributed by atoms with van der Waals surface area (Å²) in [5, 5.41) is 7.31. The Bertz CT molecular complexity index is 490. The van der Waals surface area contributed by atoms with Crippen molar-refractivity contribution in [2.45, 2.75) is 32.2 Å². The van der Waals surface area contributed by atoms with Gasteiger partial charge in [-0.1, -0.05) is 30.1 Å². The predicted molar refractivity (Wildman–Crippen MR) is 88.4 cm³/mol. The fourth-order valence-electron chi connectivity index (χ4n) is 2.51. The highest BCUT2D eigenvalue weighted by atomic mass is 35.5. The van der Waals surface area contributed by atoms with E-state index in [1.165, 1.54) is 6.42 Å². The Morgan fingerprint density at radius 1 is 1.48 bits per heavy atom. The first-order valence-corrected chi connectivity index (χ1v) is 8.10. The first-order valence-electron chi connectivity index (χ1n) is 7.34. The number of anilines is 1. The molecule has 0 aliphatic carbocycles. The molecule has 1 fully saturated rings. The first-order chi connectivity index (χ1) is 10.1. The summed E-state index contributed by atoms with van der Waals surface area (Å²) >= 11 is 12.0. The van der Waals surface area contributed by atoms with Crippen molar-refractivity contribution in [3.63, 3.8) is 0 Å². The van der Waals surface area contributed by atoms with Gasteiger partial charge >= 0.3 is 6.03 Å². The second-order valence-corrected chi connectivity index (χ2v) is 6.14. The molecule has 1 heterocycles. The van der Waals surface area contributed by atoms with E-state index in [-0.39, 0.29) is 6.03 Å². The molecule has 6 heteroatoms. The van der Waals surface area contributed by atoms with Crippen LogP contribution in [0.25, 0.3) is 0 Å². The lowest BCUT2D eigenvalue weighted by molar-refractivity contribution is 0.206. The van der Waals surface area contributed by atoms with E-state index in [9.17, 15) is 4.79 Å². The third-order valence-corrected chi connectivity index (χ3v) is 4.12. The molecule has 0 spiro atoms. The topological polar surface area (TPSA) is 44.4 Å². The van der Waals surface area contributed by atoms with Crippen molar-refractivity contribution in [2.24, 2.45) is 0 Å². The zero-order chi connectivity index (χ0) is 15.2. The molecule has 4 nitrogen and oxygen atoms in total. The lowest BCUT2D eigenvalue weighted by Crippen LogP contribution is -2.43. The third kappa shape index (κ3) is 4.77. The van der Waals surface area contributed by atoms with Gasteiger partial charge < -0.3 is 15.5 Å². The second-order valence-electron chi connectivity index (χ2n) is 5.29. The molecule has 1 unspecified atom stereocenters. The van der Waals surface area contributed by atoms with Gasteiger partial charge in [0.1, 0.15) is 0 Å². The summed E-state index contributed by atoms with van der Waals surface area (Å²) in [6, 6.07) is 5.31. The van der Waals surface area contributed by atoms with E-state index in [1.54, 1.807) is 18.2 Å². The Kier molecular flexibility index (Phi) is 6.15. The summed E-state index contributed by atoms with van der Waals surface area (Å²) in [7, 11) is 0. The average Bonchev–Trinajstić information content (AvgIpc) is 2.95. The molecule has 21 heavy (non-hydrogen) atoms. The van der Waals surface area contributed by atoms with Gasteiger partial charge in [-0.3, -0.25) is 0 Å². The molecule has 1 aromatic rings. The van der Waals surface area contributed by atoms with E-state index in [2.05, 4.69) is 17.6 Å². The summed E-state index contributed by atoms with van der Waals surface area (Å²) in [4.78, 5) is 14.3. The zero-order valence-electron chi connectivity index (χ0n) is 12.2. The van der Waals surface area contributed by atoms with Gasteiger partial charge in [-0.15, -0.1) is 0 Å². The normalized spacial score (nSPS) is 17.8. The number of hydrogen-bond acceptors (Lipinski definition) is 2. The number of carbonyl (C=O) groups is 1. The molecule has 0 bridgehead atoms. The summed E-state index contributed by atoms with van der Waals surface area (Å²) in [6.07, 6.45) is 3.21. The van der Waals surface area contributed by atoms with E-state index >= 15 is 0 Å². The minimum Gasteiger partial charge on any atom is -0.323 e. The van der Waals surface area contributed by atoms with Crippen molar-refractivity contribution in [1.82, 2.24) is 10.2 Å². The average molecular weight is 330 g/mol. The molecule has 2 N–H and O–H groups in total. The Balaban J connectivity index is 2.01. The zero-order valence-corrected chi connectivity index (χ0v) is 13.7. The second kappa shape index (κ2) is 7.87. The van der Waals surface area contributed by atoms with Gasteiger partial charge in [-0.2, -0.15) is 0 Å². The Hall–Kier alpha value is -0.970. The van der Waals surface area contributed by atoms with Gasteiger partial charge in [0.25, 0.3) is 0 Å². The van der Waals surface area contributed by atoms with Gasteiger partial charge in [0.15, 0.2) is 0 Å². The van der Waals surface area contributed by atoms with E-state index in [1.807, 2.05) is 4.90 Å². The van der Waals surface area contributed by atoms with Gasteiger partial charge in [0, 0.05) is 24.2 Å². The summed E-state index contributed by atoms with van der Waals surface area (Å²) in [5.41, 5.74) is 0.551. The molecule has 2 amide bonds. The predicted octanol–water partition coefficient (Wildman–Crippen LogP) is 3.99. The lowest BCUT2D eigenvalue weighted by Gasteiger charge is -2.26. The Labute approximate surface area is 135 Å². The fourth-order valence-corrected chi connectivity index (χ4v) is 2.85. The first kappa shape index (κ1) is 16.4. The largest absolute Gasteiger partial charge is 0.323 e. The van der Waals surface area contributed by atoms with Crippen molar-refractivity contribution in [1.29, 1.82) is 0 Å². The van der Waals surface area contributed by atoms with Gasteiger partial charge in [0.05, 0.1) is 10.7 Å². The molecule has 0 radical (unpaired) electrons. The number of nitrogens with zero attached hydrogens (tertiary/aromatic N) is 1. The number of carbonyl (C=O) groups excluding carboxylic acids is 1. The summed E-state index contributed by atoms with van der Waals surface area (Å²) < 4.78 is 0. The highest BCUT2D eigenvalue weighted by molar-refractivity contribution is 6.35. The van der Waals surface area contributed by atoms with Crippen molar-refractivity contribution >= 4 is 34.9 Å². The minimum absolute atomic E-state index is 0.130. The quantitative estimate of drug-likeness (QED) is 0.857. The van der Waals surface area contributed by atoms with Crippen LogP contribution in [0.15, 0.2) is 18.2 Å². The van der Waals surface area contributed by atoms with Gasteiger partial charge in [-0.05, 0) is 44.0 Å². The number of halogens is 2. The molecule has 0 saturated carbocycles. The molecule has 2 rings (SSSR count). The number of hydrogen-bond donors (Lipinski definition) is 2. The van der Waals surface area contributed by atoms with Gasteiger partial charge in [-0.25, -0.2) is 4.79 Å². The van der Waals surface area contributed by atoms with Crippen LogP contribution in [0.2, 0.25) is 10.0 Å². The SMILES string of the molecule is CCCN(CC1CCCN1)C(=O)Nc1cc(Cl)ccc1Cl. The van der Waals surface area contributed by atoms with Crippen LogP contribution < -0.4 is 10.6 Å². The van der Waals surface area contributed by atoms with Crippen molar-refractivity contribution in [2.75, 3.05) is 25.0 Å². The fraction of sp³-hybridized carbons (Fsp3) is 0.533. The maximum absolute atomic E-state index is 12.4. The molecular formula is C15H21Cl2N3O. The smallest absolute Gasteiger partial charge is 0.321 e. The number of nitrogens with one attached hydrogen (secondary N) is 2. The Morgan fingerprint density at radius 3 is 2.95 bits per heavy atom. The highest BCUT2D eigenvalue weighted by Gasteiger charge is 2.21. The Morgan fingerprint density at radius 2 is 2.29 bits per heavy atom. The van der Waals surface area contributed by atoms with E-state index < -0.39 is 0 Å². The summed E-state index contributed by atoms with van der Waals surface area (Å²) in [6.45, 7) is 4.54. The molecule has 116 valence electrons. The molecule has 1 aromatic carbocycles. The molecule has 1 aliphatic heterocycles. The van der Waals surface area contributed by atoms with Crippen LogP contribution in [0.3, 0.4) is 0 Å². The third-order valence-electron chi connectivity index (χ3n) is 3.55. The number of urea groups is 1. The van der Waals surface area contributed by atoms with Crippen LogP contribution in [0, 0.1) is 0 Å². The maximum Gasteiger partial charge on any atom is 0.321 e. The summed E-state index contributed by atoms with van der Waals surface area (Å²) in [5.74, 6) is 0. The lowest BCUT2D eigenvalue weighted by atomic mass is 10.2. The molecule has 0 aromatic heterocycles. The van der Waals surface area contributed by atoms with Crippen molar-refractivity contribution in [3.05, 3.63) is 28.2 Å². The number of rotatable bonds is 5. The highest BCUT2D eigenvalue weighted by Crippen LogP contribution is 2.25. The molecular weight excluding hydrogens is 309 g/mol. The van der Waals surface area contributed by atoms with Crippen molar-refractivity contribution < 1.29 is 4.79 Å². The van der Waals surface area contributed by atoms with E-state index in [0.717, 1.165) is 32.5 Å². The van der Waals surface area contributed by atoms with Crippen LogP contribution in [0.1, 0.15) is 26.2 Å². The monoisotopic (exact) mass is 329 g/mol. The standard InChI is InChI=1S/C15H21Cl2N3O/c1-2-8-20(10-12-4-3-7-18-12)15(21)19-14-9-11(16)5-6-13(14)17/h5-6,9,12,18H,2-4,7-8,10H2,1H3,(H,19,21). The minimum atomic E-state index is -0.130.